The van der Waals surface area contributed by atoms with Crippen molar-refractivity contribution >= 4 is 29.0 Å². The van der Waals surface area contributed by atoms with E-state index in [0.717, 1.165) is 5.56 Å². The van der Waals surface area contributed by atoms with E-state index in [1.165, 1.54) is 31.5 Å². The number of hydrogen-bond acceptors (Lipinski definition) is 8. The van der Waals surface area contributed by atoms with Crippen molar-refractivity contribution in [2.45, 2.75) is 26.4 Å². The first kappa shape index (κ1) is 29.4. The van der Waals surface area contributed by atoms with E-state index in [1.807, 2.05) is 13.0 Å². The van der Waals surface area contributed by atoms with Crippen LogP contribution in [-0.2, 0) is 16.0 Å². The van der Waals surface area contributed by atoms with Crippen LogP contribution in [0.5, 0.6) is 5.75 Å². The smallest absolute Gasteiger partial charge is 0.344 e. The number of nitrogens with one attached hydrogen (secondary N) is 2. The summed E-state index contributed by atoms with van der Waals surface area (Å²) in [5.74, 6) is -4.20. The molecule has 1 unspecified atom stereocenters. The Bertz CT molecular complexity index is 1560. The molecule has 0 aliphatic heterocycles. The Kier molecular flexibility index (Phi) is 9.42. The SMILES string of the molecule is CCc1cc(Nc2nccn3c(-c4ccc(OC(C)C(=O)O)c(F)c4F)cnc23)ccc1C(=O)NCCOCCN. The maximum absolute atomic E-state index is 15.1. The van der Waals surface area contributed by atoms with Crippen LogP contribution in [-0.4, -0.2) is 63.8 Å². The van der Waals surface area contributed by atoms with E-state index in [2.05, 4.69) is 20.6 Å². The molecule has 0 fully saturated rings. The maximum atomic E-state index is 15.1. The van der Waals surface area contributed by atoms with E-state index >= 15 is 4.39 Å². The number of aliphatic carboxylic acids is 1. The molecule has 216 valence electrons. The van der Waals surface area contributed by atoms with Crippen molar-refractivity contribution in [2.75, 3.05) is 31.6 Å². The molecule has 0 radical (unpaired) electrons. The molecule has 13 heteroatoms. The van der Waals surface area contributed by atoms with Gasteiger partial charge in [0.1, 0.15) is 0 Å². The fourth-order valence-electron chi connectivity index (χ4n) is 4.11. The molecule has 0 aliphatic carbocycles. The first-order chi connectivity index (χ1) is 19.7. The minimum absolute atomic E-state index is 0.0976. The number of carboxylic acids is 1. The maximum Gasteiger partial charge on any atom is 0.344 e. The lowest BCUT2D eigenvalue weighted by molar-refractivity contribution is -0.144. The molecule has 1 atom stereocenters. The number of aryl methyl sites for hydroxylation is 1. The fraction of sp³-hybridized carbons (Fsp3) is 0.286. The van der Waals surface area contributed by atoms with Gasteiger partial charge in [0, 0.05) is 42.3 Å². The standard InChI is InChI=1S/C28H30F2N6O5/c1-3-17-14-18(4-5-19(17)27(37)33-10-13-40-12-8-31)35-25-26-34-15-21(36(26)11-9-32-25)20-6-7-22(24(30)23(20)29)41-16(2)28(38)39/h4-7,9,11,14-16H,3,8,10,12-13,31H2,1-2H3,(H,32,35)(H,33,37)(H,38,39). The third-order valence-corrected chi connectivity index (χ3v) is 6.19. The molecule has 4 aromatic rings. The van der Waals surface area contributed by atoms with Crippen molar-refractivity contribution in [3.63, 3.8) is 0 Å². The monoisotopic (exact) mass is 568 g/mol. The number of aromatic nitrogens is 3. The number of imidazole rings is 1. The van der Waals surface area contributed by atoms with Gasteiger partial charge in [0.05, 0.1) is 25.1 Å². The van der Waals surface area contributed by atoms with Gasteiger partial charge in [0.2, 0.25) is 5.82 Å². The number of carbonyl (C=O) groups excluding carboxylic acids is 1. The van der Waals surface area contributed by atoms with E-state index in [4.69, 9.17) is 20.3 Å². The first-order valence-corrected chi connectivity index (χ1v) is 12.9. The summed E-state index contributed by atoms with van der Waals surface area (Å²) in [6.45, 7) is 4.72. The summed E-state index contributed by atoms with van der Waals surface area (Å²) in [5, 5.41) is 15.0. The van der Waals surface area contributed by atoms with Gasteiger partial charge >= 0.3 is 5.97 Å². The number of nitrogens with zero attached hydrogens (tertiary/aromatic N) is 3. The Labute approximate surface area is 234 Å². The van der Waals surface area contributed by atoms with Crippen LogP contribution < -0.4 is 21.1 Å². The van der Waals surface area contributed by atoms with Gasteiger partial charge in [-0.3, -0.25) is 9.20 Å². The third kappa shape index (κ3) is 6.58. The number of nitrogens with two attached hydrogens (primary N) is 1. The van der Waals surface area contributed by atoms with Gasteiger partial charge in [0.15, 0.2) is 29.1 Å². The van der Waals surface area contributed by atoms with Crippen LogP contribution in [0.4, 0.5) is 20.3 Å². The van der Waals surface area contributed by atoms with Gasteiger partial charge < -0.3 is 30.9 Å². The molecular weight excluding hydrogens is 538 g/mol. The summed E-state index contributed by atoms with van der Waals surface area (Å²) in [4.78, 5) is 32.4. The molecule has 0 aliphatic rings. The van der Waals surface area contributed by atoms with Crippen molar-refractivity contribution in [2.24, 2.45) is 5.73 Å². The molecule has 0 bridgehead atoms. The first-order valence-electron chi connectivity index (χ1n) is 12.9. The number of ether oxygens (including phenoxy) is 2. The molecule has 11 nitrogen and oxygen atoms in total. The largest absolute Gasteiger partial charge is 0.479 e. The number of carboxylic acid groups (broad SMARTS) is 1. The highest BCUT2D eigenvalue weighted by Crippen LogP contribution is 2.32. The van der Waals surface area contributed by atoms with E-state index in [9.17, 15) is 14.0 Å². The van der Waals surface area contributed by atoms with Crippen LogP contribution in [0.3, 0.4) is 0 Å². The van der Waals surface area contributed by atoms with Crippen LogP contribution >= 0.6 is 0 Å². The molecule has 2 aromatic heterocycles. The number of benzene rings is 2. The molecule has 2 aromatic carbocycles. The Morgan fingerprint density at radius 2 is 1.95 bits per heavy atom. The van der Waals surface area contributed by atoms with Crippen molar-refractivity contribution in [3.05, 3.63) is 71.7 Å². The lowest BCUT2D eigenvalue weighted by Crippen LogP contribution is -2.28. The predicted octanol–water partition coefficient (Wildman–Crippen LogP) is 3.54. The van der Waals surface area contributed by atoms with Gasteiger partial charge in [-0.1, -0.05) is 6.92 Å². The quantitative estimate of drug-likeness (QED) is 0.177. The van der Waals surface area contributed by atoms with E-state index in [-0.39, 0.29) is 17.2 Å². The van der Waals surface area contributed by atoms with Gasteiger partial charge in [-0.2, -0.15) is 4.39 Å². The topological polar surface area (TPSA) is 153 Å². The molecular formula is C28H30F2N6O5. The number of rotatable bonds is 13. The van der Waals surface area contributed by atoms with Crippen LogP contribution in [0.15, 0.2) is 48.9 Å². The normalized spacial score (nSPS) is 11.8. The lowest BCUT2D eigenvalue weighted by Gasteiger charge is -2.14. The number of anilines is 2. The molecule has 0 saturated heterocycles. The van der Waals surface area contributed by atoms with Crippen molar-refractivity contribution in [1.82, 2.24) is 19.7 Å². The summed E-state index contributed by atoms with van der Waals surface area (Å²) < 4.78 is 41.6. The zero-order valence-electron chi connectivity index (χ0n) is 22.5. The van der Waals surface area contributed by atoms with Crippen molar-refractivity contribution in [1.29, 1.82) is 0 Å². The number of amides is 1. The van der Waals surface area contributed by atoms with Crippen LogP contribution in [0.25, 0.3) is 16.9 Å². The second-order valence-electron chi connectivity index (χ2n) is 8.96. The average Bonchev–Trinajstić information content (AvgIpc) is 3.40. The Morgan fingerprint density at radius 3 is 2.68 bits per heavy atom. The lowest BCUT2D eigenvalue weighted by atomic mass is 10.0. The minimum Gasteiger partial charge on any atom is -0.479 e. The predicted molar refractivity (Wildman–Crippen MR) is 147 cm³/mol. The fourth-order valence-corrected chi connectivity index (χ4v) is 4.11. The number of fused-ring (bicyclic) bond motifs is 1. The Hall–Kier alpha value is -4.62. The Morgan fingerprint density at radius 1 is 1.15 bits per heavy atom. The van der Waals surface area contributed by atoms with Crippen molar-refractivity contribution < 1.29 is 33.0 Å². The Balaban J connectivity index is 1.56. The second-order valence-corrected chi connectivity index (χ2v) is 8.96. The number of hydrogen-bond donors (Lipinski definition) is 4. The summed E-state index contributed by atoms with van der Waals surface area (Å²) in [6, 6.07) is 7.74. The van der Waals surface area contributed by atoms with Gasteiger partial charge in [-0.05, 0) is 49.2 Å². The molecule has 41 heavy (non-hydrogen) atoms. The van der Waals surface area contributed by atoms with Crippen LogP contribution in [0, 0.1) is 11.6 Å². The van der Waals surface area contributed by atoms with Crippen molar-refractivity contribution in [3.8, 4) is 17.0 Å². The molecule has 2 heterocycles. The second kappa shape index (κ2) is 13.2. The number of halogens is 2. The van der Waals surface area contributed by atoms with E-state index in [1.54, 1.807) is 22.7 Å². The van der Waals surface area contributed by atoms with Crippen LogP contribution in [0.1, 0.15) is 29.8 Å². The average molecular weight is 569 g/mol. The van der Waals surface area contributed by atoms with Gasteiger partial charge in [-0.15, -0.1) is 0 Å². The summed E-state index contributed by atoms with van der Waals surface area (Å²) in [7, 11) is 0. The summed E-state index contributed by atoms with van der Waals surface area (Å²) in [6.07, 6.45) is 3.66. The zero-order chi connectivity index (χ0) is 29.5. The highest BCUT2D eigenvalue weighted by atomic mass is 19.2. The third-order valence-electron chi connectivity index (χ3n) is 6.19. The summed E-state index contributed by atoms with van der Waals surface area (Å²) in [5.41, 5.74) is 7.88. The molecule has 4 rings (SSSR count). The highest BCUT2D eigenvalue weighted by molar-refractivity contribution is 5.96. The summed E-state index contributed by atoms with van der Waals surface area (Å²) >= 11 is 0. The molecule has 5 N–H and O–H groups in total. The number of carbonyl (C=O) groups is 2. The van der Waals surface area contributed by atoms with Gasteiger partial charge in [-0.25, -0.2) is 19.2 Å². The van der Waals surface area contributed by atoms with Gasteiger partial charge in [0.25, 0.3) is 5.91 Å². The van der Waals surface area contributed by atoms with E-state index in [0.29, 0.717) is 55.4 Å². The minimum atomic E-state index is -1.36. The molecule has 0 spiro atoms. The highest BCUT2D eigenvalue weighted by Gasteiger charge is 2.22. The molecule has 0 saturated carbocycles. The zero-order valence-corrected chi connectivity index (χ0v) is 22.5. The van der Waals surface area contributed by atoms with Crippen LogP contribution in [0.2, 0.25) is 0 Å². The molecule has 1 amide bonds. The van der Waals surface area contributed by atoms with E-state index < -0.39 is 29.5 Å².